The Morgan fingerprint density at radius 3 is 2.74 bits per heavy atom. The molecule has 2 saturated heterocycles. The van der Waals surface area contributed by atoms with Crippen LogP contribution in [0.3, 0.4) is 0 Å². The summed E-state index contributed by atoms with van der Waals surface area (Å²) in [6.45, 7) is 1.93. The summed E-state index contributed by atoms with van der Waals surface area (Å²) in [5.74, 6) is 1.03. The molecular weight excluding hydrogens is 370 g/mol. The predicted molar refractivity (Wildman–Crippen MR) is 98.1 cm³/mol. The molecule has 0 N–H and O–H groups in total. The lowest BCUT2D eigenvalue weighted by Crippen LogP contribution is -2.50. The quantitative estimate of drug-likeness (QED) is 0.779. The van der Waals surface area contributed by atoms with Crippen molar-refractivity contribution < 1.29 is 18.8 Å². The molecule has 4 rings (SSSR count). The van der Waals surface area contributed by atoms with Gasteiger partial charge >= 0.3 is 0 Å². The maximum atomic E-state index is 12.8. The van der Waals surface area contributed by atoms with Gasteiger partial charge in [0.05, 0.1) is 19.3 Å². The van der Waals surface area contributed by atoms with Crippen LogP contribution in [0.2, 0.25) is 5.02 Å². The van der Waals surface area contributed by atoms with Gasteiger partial charge in [0.15, 0.2) is 6.29 Å². The zero-order valence-electron chi connectivity index (χ0n) is 15.0. The van der Waals surface area contributed by atoms with Gasteiger partial charge < -0.3 is 18.9 Å². The Morgan fingerprint density at radius 1 is 1.19 bits per heavy atom. The van der Waals surface area contributed by atoms with E-state index >= 15 is 0 Å². The van der Waals surface area contributed by atoms with Crippen LogP contribution in [0.25, 0.3) is 11.4 Å². The second kappa shape index (κ2) is 8.37. The highest BCUT2D eigenvalue weighted by Crippen LogP contribution is 2.25. The van der Waals surface area contributed by atoms with E-state index in [1.54, 1.807) is 12.1 Å². The highest BCUT2D eigenvalue weighted by molar-refractivity contribution is 6.30. The Bertz CT molecular complexity index is 774. The highest BCUT2D eigenvalue weighted by Gasteiger charge is 2.36. The molecule has 144 valence electrons. The largest absolute Gasteiger partial charge is 0.348 e. The van der Waals surface area contributed by atoms with Gasteiger partial charge in [-0.25, -0.2) is 0 Å². The highest BCUT2D eigenvalue weighted by atomic mass is 35.5. The normalized spacial score (nSPS) is 20.9. The van der Waals surface area contributed by atoms with Crippen molar-refractivity contribution >= 4 is 17.5 Å². The minimum absolute atomic E-state index is 0.000985. The lowest BCUT2D eigenvalue weighted by atomic mass is 10.0. The number of amides is 1. The summed E-state index contributed by atoms with van der Waals surface area (Å²) in [5.41, 5.74) is 0.826. The molecule has 2 fully saturated rings. The van der Waals surface area contributed by atoms with Crippen LogP contribution in [0, 0.1) is 0 Å². The van der Waals surface area contributed by atoms with Crippen LogP contribution in [0.15, 0.2) is 28.8 Å². The van der Waals surface area contributed by atoms with E-state index in [1.165, 1.54) is 0 Å². The molecule has 1 aromatic carbocycles. The molecule has 0 radical (unpaired) electrons. The van der Waals surface area contributed by atoms with E-state index in [0.717, 1.165) is 31.4 Å². The topological polar surface area (TPSA) is 77.7 Å². The van der Waals surface area contributed by atoms with Gasteiger partial charge in [0.2, 0.25) is 17.6 Å². The van der Waals surface area contributed by atoms with E-state index in [2.05, 4.69) is 10.1 Å². The smallest absolute Gasteiger partial charge is 0.227 e. The van der Waals surface area contributed by atoms with E-state index in [-0.39, 0.29) is 18.2 Å². The maximum Gasteiger partial charge on any atom is 0.227 e. The Labute approximate surface area is 162 Å². The molecule has 2 aromatic rings. The fraction of sp³-hybridized carbons (Fsp3) is 0.526. The summed E-state index contributed by atoms with van der Waals surface area (Å²) in [6, 6.07) is 7.23. The minimum atomic E-state index is -0.297. The predicted octanol–water partition coefficient (Wildman–Crippen LogP) is 3.08. The number of likely N-dealkylation sites (tertiary alicyclic amines) is 1. The number of carbonyl (C=O) groups is 1. The molecule has 0 aliphatic carbocycles. The number of hydrogen-bond acceptors (Lipinski definition) is 6. The molecule has 0 spiro atoms. The van der Waals surface area contributed by atoms with Gasteiger partial charge in [-0.2, -0.15) is 4.98 Å². The van der Waals surface area contributed by atoms with Crippen molar-refractivity contribution in [2.24, 2.45) is 0 Å². The van der Waals surface area contributed by atoms with E-state index in [0.29, 0.717) is 42.8 Å². The summed E-state index contributed by atoms with van der Waals surface area (Å²) >= 11 is 5.90. The van der Waals surface area contributed by atoms with Crippen LogP contribution in [-0.4, -0.2) is 53.0 Å². The van der Waals surface area contributed by atoms with E-state index < -0.39 is 0 Å². The minimum Gasteiger partial charge on any atom is -0.348 e. The third-order valence-electron chi connectivity index (χ3n) is 4.95. The van der Waals surface area contributed by atoms with Crippen LogP contribution in [-0.2, 0) is 20.7 Å². The number of halogens is 1. The van der Waals surface area contributed by atoms with Gasteiger partial charge in [0, 0.05) is 30.0 Å². The van der Waals surface area contributed by atoms with Crippen LogP contribution < -0.4 is 0 Å². The first-order valence-corrected chi connectivity index (χ1v) is 9.70. The second-order valence-electron chi connectivity index (χ2n) is 6.78. The molecule has 2 aliphatic heterocycles. The molecule has 0 saturated carbocycles. The molecule has 1 amide bonds. The van der Waals surface area contributed by atoms with Crippen molar-refractivity contribution in [3.63, 3.8) is 0 Å². The maximum absolute atomic E-state index is 12.8. The van der Waals surface area contributed by atoms with Crippen LogP contribution in [0.4, 0.5) is 0 Å². The number of nitrogens with zero attached hydrogens (tertiary/aromatic N) is 3. The first-order chi connectivity index (χ1) is 13.2. The SMILES string of the molecule is O=C(CCc1nc(-c2ccc(Cl)cc2)no1)N1CCCCC1C1OCCO1. The third-order valence-corrected chi connectivity index (χ3v) is 5.21. The van der Waals surface area contributed by atoms with Crippen molar-refractivity contribution in [1.29, 1.82) is 0 Å². The Hall–Kier alpha value is -1.96. The first kappa shape index (κ1) is 18.4. The number of carbonyl (C=O) groups excluding carboxylic acids is 1. The average Bonchev–Trinajstić information content (AvgIpc) is 3.39. The van der Waals surface area contributed by atoms with Crippen molar-refractivity contribution in [3.05, 3.63) is 35.2 Å². The Kier molecular flexibility index (Phi) is 5.71. The van der Waals surface area contributed by atoms with Crippen LogP contribution in [0.1, 0.15) is 31.6 Å². The van der Waals surface area contributed by atoms with Gasteiger partial charge in [-0.15, -0.1) is 0 Å². The van der Waals surface area contributed by atoms with Gasteiger partial charge in [0.1, 0.15) is 0 Å². The molecule has 7 nitrogen and oxygen atoms in total. The number of hydrogen-bond donors (Lipinski definition) is 0. The van der Waals surface area contributed by atoms with Gasteiger partial charge in [0.25, 0.3) is 0 Å². The molecule has 1 aromatic heterocycles. The summed E-state index contributed by atoms with van der Waals surface area (Å²) in [5, 5.41) is 4.64. The fourth-order valence-corrected chi connectivity index (χ4v) is 3.70. The zero-order chi connectivity index (χ0) is 18.6. The number of aryl methyl sites for hydroxylation is 1. The molecule has 2 aliphatic rings. The summed E-state index contributed by atoms with van der Waals surface area (Å²) < 4.78 is 16.6. The van der Waals surface area contributed by atoms with E-state index in [9.17, 15) is 4.79 Å². The number of rotatable bonds is 5. The second-order valence-corrected chi connectivity index (χ2v) is 7.22. The van der Waals surface area contributed by atoms with E-state index in [4.69, 9.17) is 25.6 Å². The molecule has 8 heteroatoms. The molecule has 1 unspecified atom stereocenters. The monoisotopic (exact) mass is 391 g/mol. The van der Waals surface area contributed by atoms with Crippen molar-refractivity contribution in [2.45, 2.75) is 44.4 Å². The lowest BCUT2D eigenvalue weighted by Gasteiger charge is -2.38. The molecule has 0 bridgehead atoms. The summed E-state index contributed by atoms with van der Waals surface area (Å²) in [4.78, 5) is 19.0. The molecule has 27 heavy (non-hydrogen) atoms. The first-order valence-electron chi connectivity index (χ1n) is 9.32. The van der Waals surface area contributed by atoms with Gasteiger partial charge in [-0.05, 0) is 43.5 Å². The Morgan fingerprint density at radius 2 is 1.96 bits per heavy atom. The van der Waals surface area contributed by atoms with Gasteiger partial charge in [-0.3, -0.25) is 4.79 Å². The van der Waals surface area contributed by atoms with Crippen LogP contribution >= 0.6 is 11.6 Å². The van der Waals surface area contributed by atoms with Gasteiger partial charge in [-0.1, -0.05) is 16.8 Å². The van der Waals surface area contributed by atoms with Crippen LogP contribution in [0.5, 0.6) is 0 Å². The van der Waals surface area contributed by atoms with E-state index in [1.807, 2.05) is 17.0 Å². The lowest BCUT2D eigenvalue weighted by molar-refractivity contribution is -0.150. The van der Waals surface area contributed by atoms with Crippen molar-refractivity contribution in [2.75, 3.05) is 19.8 Å². The fourth-order valence-electron chi connectivity index (χ4n) is 3.58. The Balaban J connectivity index is 1.36. The molecule has 3 heterocycles. The zero-order valence-corrected chi connectivity index (χ0v) is 15.7. The molecule has 1 atom stereocenters. The number of ether oxygens (including phenoxy) is 2. The third kappa shape index (κ3) is 4.31. The standard InChI is InChI=1S/C19H22ClN3O4/c20-14-6-4-13(5-7-14)18-21-16(27-22-18)8-9-17(24)23-10-2-1-3-15(23)19-25-11-12-26-19/h4-7,15,19H,1-3,8-12H2. The summed E-state index contributed by atoms with van der Waals surface area (Å²) in [6.07, 6.45) is 3.45. The number of piperidine rings is 1. The summed E-state index contributed by atoms with van der Waals surface area (Å²) in [7, 11) is 0. The number of aromatic nitrogens is 2. The molecular formula is C19H22ClN3O4. The van der Waals surface area contributed by atoms with Crippen molar-refractivity contribution in [1.82, 2.24) is 15.0 Å². The van der Waals surface area contributed by atoms with Crippen molar-refractivity contribution in [3.8, 4) is 11.4 Å². The average molecular weight is 392 g/mol. The number of benzene rings is 1.